The number of nitrogens with zero attached hydrogens (tertiary/aromatic N) is 2. The molecule has 1 N–H and O–H groups in total. The number of piperazine rings is 1. The Hall–Kier alpha value is -1.88. The Bertz CT molecular complexity index is 770. The van der Waals surface area contributed by atoms with Crippen molar-refractivity contribution in [3.63, 3.8) is 0 Å². The molecule has 0 bridgehead atoms. The minimum absolute atomic E-state index is 0.0896. The Morgan fingerprint density at radius 1 is 1.07 bits per heavy atom. The third kappa shape index (κ3) is 5.81. The second-order valence-electron chi connectivity index (χ2n) is 7.67. The van der Waals surface area contributed by atoms with Gasteiger partial charge in [0.05, 0.1) is 6.04 Å². The monoisotopic (exact) mass is 399 g/mol. The van der Waals surface area contributed by atoms with Gasteiger partial charge in [-0.1, -0.05) is 59.6 Å². The molecule has 0 spiro atoms. The SMILES string of the molecule is Cc1ccc(CCC(=O)NCC(c2ccccc2Cl)N2CCN(C)CC2)cc1. The topological polar surface area (TPSA) is 35.6 Å². The molecule has 1 atom stereocenters. The lowest BCUT2D eigenvalue weighted by atomic mass is 10.0. The Morgan fingerprint density at radius 2 is 1.75 bits per heavy atom. The van der Waals surface area contributed by atoms with Gasteiger partial charge in [0.1, 0.15) is 0 Å². The van der Waals surface area contributed by atoms with Crippen molar-refractivity contribution >= 4 is 17.5 Å². The summed E-state index contributed by atoms with van der Waals surface area (Å²) >= 11 is 6.49. The highest BCUT2D eigenvalue weighted by Gasteiger charge is 2.25. The number of halogens is 1. The molecule has 2 aromatic carbocycles. The van der Waals surface area contributed by atoms with Gasteiger partial charge < -0.3 is 10.2 Å². The van der Waals surface area contributed by atoms with Crippen molar-refractivity contribution in [1.82, 2.24) is 15.1 Å². The predicted octanol–water partition coefficient (Wildman–Crippen LogP) is 3.69. The van der Waals surface area contributed by atoms with Gasteiger partial charge in [0, 0.05) is 44.2 Å². The van der Waals surface area contributed by atoms with E-state index in [2.05, 4.69) is 59.4 Å². The molecule has 0 aromatic heterocycles. The summed E-state index contributed by atoms with van der Waals surface area (Å²) in [5.74, 6) is 0.0896. The van der Waals surface area contributed by atoms with Crippen LogP contribution in [0.25, 0.3) is 0 Å². The van der Waals surface area contributed by atoms with Crippen molar-refractivity contribution < 1.29 is 4.79 Å². The smallest absolute Gasteiger partial charge is 0.220 e. The maximum absolute atomic E-state index is 12.5. The fourth-order valence-electron chi connectivity index (χ4n) is 3.63. The molecular formula is C23H30ClN3O. The quantitative estimate of drug-likeness (QED) is 0.771. The van der Waals surface area contributed by atoms with Crippen molar-refractivity contribution in [2.24, 2.45) is 0 Å². The van der Waals surface area contributed by atoms with E-state index in [0.29, 0.717) is 13.0 Å². The molecule has 1 amide bonds. The summed E-state index contributed by atoms with van der Waals surface area (Å²) in [6.07, 6.45) is 1.26. The fourth-order valence-corrected chi connectivity index (χ4v) is 3.89. The molecule has 1 saturated heterocycles. The fraction of sp³-hybridized carbons (Fsp3) is 0.435. The molecule has 1 heterocycles. The second-order valence-corrected chi connectivity index (χ2v) is 8.07. The third-order valence-corrected chi connectivity index (χ3v) is 5.84. The van der Waals surface area contributed by atoms with Gasteiger partial charge in [0.2, 0.25) is 5.91 Å². The van der Waals surface area contributed by atoms with Gasteiger partial charge in [-0.3, -0.25) is 9.69 Å². The average molecular weight is 400 g/mol. The van der Waals surface area contributed by atoms with Gasteiger partial charge in [-0.2, -0.15) is 0 Å². The lowest BCUT2D eigenvalue weighted by molar-refractivity contribution is -0.121. The third-order valence-electron chi connectivity index (χ3n) is 5.50. The largest absolute Gasteiger partial charge is 0.354 e. The van der Waals surface area contributed by atoms with E-state index >= 15 is 0 Å². The number of likely N-dealkylation sites (N-methyl/N-ethyl adjacent to an activating group) is 1. The molecule has 3 rings (SSSR count). The number of nitrogens with one attached hydrogen (secondary N) is 1. The first kappa shape index (κ1) is 20.8. The number of amides is 1. The highest BCUT2D eigenvalue weighted by atomic mass is 35.5. The first-order valence-electron chi connectivity index (χ1n) is 10.0. The van der Waals surface area contributed by atoms with Crippen molar-refractivity contribution in [2.45, 2.75) is 25.8 Å². The van der Waals surface area contributed by atoms with Crippen molar-refractivity contribution in [3.8, 4) is 0 Å². The van der Waals surface area contributed by atoms with Crippen LogP contribution < -0.4 is 5.32 Å². The second kappa shape index (κ2) is 10.1. The van der Waals surface area contributed by atoms with Crippen LogP contribution in [-0.4, -0.2) is 55.5 Å². The number of carbonyl (C=O) groups is 1. The standard InChI is InChI=1S/C23H30ClN3O/c1-18-7-9-19(10-8-18)11-12-23(28)25-17-22(20-5-3-4-6-21(20)24)27-15-13-26(2)14-16-27/h3-10,22H,11-17H2,1-2H3,(H,25,28). The maximum Gasteiger partial charge on any atom is 0.220 e. The average Bonchev–Trinajstić information content (AvgIpc) is 2.70. The number of benzene rings is 2. The van der Waals surface area contributed by atoms with Crippen LogP contribution in [0.1, 0.15) is 29.2 Å². The zero-order chi connectivity index (χ0) is 19.9. The number of hydrogen-bond acceptors (Lipinski definition) is 3. The van der Waals surface area contributed by atoms with E-state index in [0.717, 1.165) is 43.2 Å². The summed E-state index contributed by atoms with van der Waals surface area (Å²) in [5, 5.41) is 3.91. The van der Waals surface area contributed by atoms with Crippen LogP contribution >= 0.6 is 11.6 Å². The number of carbonyl (C=O) groups excluding carboxylic acids is 1. The van der Waals surface area contributed by atoms with Gasteiger partial charge in [-0.05, 0) is 37.6 Å². The highest BCUT2D eigenvalue weighted by Crippen LogP contribution is 2.28. The van der Waals surface area contributed by atoms with Crippen molar-refractivity contribution in [1.29, 1.82) is 0 Å². The van der Waals surface area contributed by atoms with Crippen LogP contribution in [0.3, 0.4) is 0 Å². The minimum Gasteiger partial charge on any atom is -0.354 e. The normalized spacial score (nSPS) is 16.7. The first-order valence-corrected chi connectivity index (χ1v) is 10.4. The lowest BCUT2D eigenvalue weighted by Gasteiger charge is -2.38. The number of aryl methyl sites for hydroxylation is 2. The Morgan fingerprint density at radius 3 is 2.43 bits per heavy atom. The molecule has 1 unspecified atom stereocenters. The van der Waals surface area contributed by atoms with Crippen LogP contribution in [-0.2, 0) is 11.2 Å². The van der Waals surface area contributed by atoms with Gasteiger partial charge in [-0.25, -0.2) is 0 Å². The summed E-state index contributed by atoms with van der Waals surface area (Å²) in [5.41, 5.74) is 3.53. The molecule has 2 aromatic rings. The Balaban J connectivity index is 1.60. The summed E-state index contributed by atoms with van der Waals surface area (Å²) in [4.78, 5) is 17.2. The van der Waals surface area contributed by atoms with Crippen molar-refractivity contribution in [3.05, 3.63) is 70.2 Å². The molecule has 0 saturated carbocycles. The van der Waals surface area contributed by atoms with Gasteiger partial charge in [0.25, 0.3) is 0 Å². The summed E-state index contributed by atoms with van der Waals surface area (Å²) < 4.78 is 0. The molecule has 1 fully saturated rings. The molecular weight excluding hydrogens is 370 g/mol. The van der Waals surface area contributed by atoms with E-state index in [1.807, 2.05) is 18.2 Å². The highest BCUT2D eigenvalue weighted by molar-refractivity contribution is 6.31. The Kier molecular flexibility index (Phi) is 7.49. The minimum atomic E-state index is 0.0896. The van der Waals surface area contributed by atoms with E-state index < -0.39 is 0 Å². The van der Waals surface area contributed by atoms with Gasteiger partial charge in [-0.15, -0.1) is 0 Å². The zero-order valence-corrected chi connectivity index (χ0v) is 17.6. The van der Waals surface area contributed by atoms with Crippen LogP contribution in [0.4, 0.5) is 0 Å². The first-order chi connectivity index (χ1) is 13.5. The molecule has 1 aliphatic rings. The van der Waals surface area contributed by atoms with E-state index in [-0.39, 0.29) is 11.9 Å². The van der Waals surface area contributed by atoms with E-state index in [4.69, 9.17) is 11.6 Å². The van der Waals surface area contributed by atoms with Crippen LogP contribution in [0.5, 0.6) is 0 Å². The summed E-state index contributed by atoms with van der Waals surface area (Å²) in [6, 6.07) is 16.5. The van der Waals surface area contributed by atoms with Crippen LogP contribution in [0.15, 0.2) is 48.5 Å². The summed E-state index contributed by atoms with van der Waals surface area (Å²) in [7, 11) is 2.15. The van der Waals surface area contributed by atoms with Crippen LogP contribution in [0, 0.1) is 6.92 Å². The molecule has 4 nitrogen and oxygen atoms in total. The van der Waals surface area contributed by atoms with Gasteiger partial charge >= 0.3 is 0 Å². The zero-order valence-electron chi connectivity index (χ0n) is 16.8. The molecule has 1 aliphatic heterocycles. The Labute approximate surface area is 173 Å². The predicted molar refractivity (Wildman–Crippen MR) is 116 cm³/mol. The molecule has 5 heteroatoms. The number of rotatable bonds is 7. The summed E-state index contributed by atoms with van der Waals surface area (Å²) in [6.45, 7) is 6.67. The van der Waals surface area contributed by atoms with E-state index in [9.17, 15) is 4.79 Å². The van der Waals surface area contributed by atoms with E-state index in [1.54, 1.807) is 0 Å². The van der Waals surface area contributed by atoms with Gasteiger partial charge in [0.15, 0.2) is 0 Å². The van der Waals surface area contributed by atoms with Crippen LogP contribution in [0.2, 0.25) is 5.02 Å². The van der Waals surface area contributed by atoms with Crippen molar-refractivity contribution in [2.75, 3.05) is 39.8 Å². The molecule has 0 radical (unpaired) electrons. The lowest BCUT2D eigenvalue weighted by Crippen LogP contribution is -2.48. The maximum atomic E-state index is 12.5. The molecule has 28 heavy (non-hydrogen) atoms. The van der Waals surface area contributed by atoms with E-state index in [1.165, 1.54) is 11.1 Å². The number of hydrogen-bond donors (Lipinski definition) is 1. The molecule has 0 aliphatic carbocycles. The molecule has 150 valence electrons.